The lowest BCUT2D eigenvalue weighted by Gasteiger charge is -2.22. The van der Waals surface area contributed by atoms with E-state index in [0.717, 1.165) is 22.4 Å². The Labute approximate surface area is 126 Å². The monoisotopic (exact) mass is 294 g/mol. The Kier molecular flexibility index (Phi) is 5.61. The van der Waals surface area contributed by atoms with Gasteiger partial charge in [-0.1, -0.05) is 6.07 Å². The molecule has 0 aliphatic carbocycles. The molecule has 0 heterocycles. The molecule has 1 atom stereocenters. The number of nitrogens with one attached hydrogen (secondary N) is 1. The average molecular weight is 294 g/mol. The first-order valence-electron chi connectivity index (χ1n) is 7.02. The summed E-state index contributed by atoms with van der Waals surface area (Å²) in [6.45, 7) is 9.78. The first-order chi connectivity index (χ1) is 9.65. The minimum atomic E-state index is -0.513. The van der Waals surface area contributed by atoms with Gasteiger partial charge in [-0.05, 0) is 57.4 Å². The molecule has 118 valence electrons. The highest BCUT2D eigenvalue weighted by Crippen LogP contribution is 2.26. The van der Waals surface area contributed by atoms with Crippen LogP contribution in [0.1, 0.15) is 43.5 Å². The van der Waals surface area contributed by atoms with E-state index in [4.69, 9.17) is 15.2 Å². The van der Waals surface area contributed by atoms with Gasteiger partial charge in [-0.25, -0.2) is 4.79 Å². The number of nitrogens with two attached hydrogens (primary N) is 1. The number of ether oxygens (including phenoxy) is 2. The molecule has 0 bridgehead atoms. The van der Waals surface area contributed by atoms with Crippen LogP contribution in [0, 0.1) is 13.8 Å². The van der Waals surface area contributed by atoms with Crippen molar-refractivity contribution in [1.82, 2.24) is 5.32 Å². The number of carbonyl (C=O) groups excluding carboxylic acids is 1. The summed E-state index contributed by atoms with van der Waals surface area (Å²) in [6.07, 6.45) is -0.458. The van der Waals surface area contributed by atoms with Gasteiger partial charge >= 0.3 is 6.09 Å². The predicted octanol–water partition coefficient (Wildman–Crippen LogP) is 2.84. The lowest BCUT2D eigenvalue weighted by atomic mass is 9.97. The molecule has 0 aliphatic heterocycles. The van der Waals surface area contributed by atoms with Crippen molar-refractivity contribution in [3.05, 3.63) is 28.8 Å². The van der Waals surface area contributed by atoms with Crippen molar-refractivity contribution in [2.24, 2.45) is 5.73 Å². The minimum absolute atomic E-state index is 0.290. The van der Waals surface area contributed by atoms with Crippen LogP contribution in [-0.4, -0.2) is 25.3 Å². The van der Waals surface area contributed by atoms with E-state index in [-0.39, 0.29) is 6.04 Å². The number of amides is 1. The van der Waals surface area contributed by atoms with Crippen LogP contribution in [0.5, 0.6) is 5.75 Å². The maximum absolute atomic E-state index is 11.6. The van der Waals surface area contributed by atoms with E-state index in [0.29, 0.717) is 6.54 Å². The molecular weight excluding hydrogens is 268 g/mol. The third-order valence-corrected chi connectivity index (χ3v) is 3.26. The zero-order chi connectivity index (χ0) is 16.2. The van der Waals surface area contributed by atoms with E-state index in [1.807, 2.05) is 46.8 Å². The number of hydrogen-bond donors (Lipinski definition) is 2. The van der Waals surface area contributed by atoms with Gasteiger partial charge in [0.25, 0.3) is 0 Å². The third-order valence-electron chi connectivity index (χ3n) is 3.26. The van der Waals surface area contributed by atoms with E-state index in [9.17, 15) is 4.79 Å². The number of alkyl carbamates (subject to hydrolysis) is 1. The van der Waals surface area contributed by atoms with Gasteiger partial charge in [-0.15, -0.1) is 0 Å². The van der Waals surface area contributed by atoms with Crippen molar-refractivity contribution in [3.8, 4) is 5.75 Å². The SMILES string of the molecule is COc1ccc(C(N)CNC(=O)OC(C)(C)C)c(C)c1C. The molecule has 1 amide bonds. The lowest BCUT2D eigenvalue weighted by molar-refractivity contribution is 0.0524. The van der Waals surface area contributed by atoms with Crippen molar-refractivity contribution < 1.29 is 14.3 Å². The molecule has 3 N–H and O–H groups in total. The second kappa shape index (κ2) is 6.80. The van der Waals surface area contributed by atoms with E-state index >= 15 is 0 Å². The lowest BCUT2D eigenvalue weighted by Crippen LogP contribution is -2.36. The van der Waals surface area contributed by atoms with Gasteiger partial charge < -0.3 is 20.5 Å². The van der Waals surface area contributed by atoms with Crippen molar-refractivity contribution in [2.45, 2.75) is 46.3 Å². The van der Waals surface area contributed by atoms with E-state index in [1.165, 1.54) is 0 Å². The molecule has 1 unspecified atom stereocenters. The molecule has 0 radical (unpaired) electrons. The molecule has 0 aromatic heterocycles. The van der Waals surface area contributed by atoms with Gasteiger partial charge in [-0.3, -0.25) is 0 Å². The van der Waals surface area contributed by atoms with Gasteiger partial charge in [0, 0.05) is 12.6 Å². The molecule has 0 saturated heterocycles. The number of hydrogen-bond acceptors (Lipinski definition) is 4. The van der Waals surface area contributed by atoms with E-state index < -0.39 is 11.7 Å². The molecule has 5 heteroatoms. The van der Waals surface area contributed by atoms with Crippen LogP contribution < -0.4 is 15.8 Å². The molecule has 1 aromatic carbocycles. The molecule has 1 aromatic rings. The Morgan fingerprint density at radius 1 is 1.29 bits per heavy atom. The summed E-state index contributed by atoms with van der Waals surface area (Å²) in [6, 6.07) is 3.54. The molecule has 5 nitrogen and oxygen atoms in total. The quantitative estimate of drug-likeness (QED) is 0.895. The van der Waals surface area contributed by atoms with Crippen LogP contribution in [0.25, 0.3) is 0 Å². The van der Waals surface area contributed by atoms with Crippen LogP contribution >= 0.6 is 0 Å². The van der Waals surface area contributed by atoms with Crippen LogP contribution in [0.15, 0.2) is 12.1 Å². The Morgan fingerprint density at radius 3 is 2.43 bits per heavy atom. The summed E-state index contributed by atoms with van der Waals surface area (Å²) < 4.78 is 10.5. The number of methoxy groups -OCH3 is 1. The van der Waals surface area contributed by atoms with Crippen LogP contribution in [0.2, 0.25) is 0 Å². The summed E-state index contributed by atoms with van der Waals surface area (Å²) in [5.74, 6) is 0.837. The molecule has 21 heavy (non-hydrogen) atoms. The van der Waals surface area contributed by atoms with Crippen molar-refractivity contribution >= 4 is 6.09 Å². The Balaban J connectivity index is 2.71. The fourth-order valence-corrected chi connectivity index (χ4v) is 2.06. The predicted molar refractivity (Wildman–Crippen MR) is 83.6 cm³/mol. The number of benzene rings is 1. The first-order valence-corrected chi connectivity index (χ1v) is 7.02. The molecule has 1 rings (SSSR count). The molecular formula is C16H26N2O3. The maximum atomic E-state index is 11.6. The fourth-order valence-electron chi connectivity index (χ4n) is 2.06. The third kappa shape index (κ3) is 4.93. The Hall–Kier alpha value is -1.75. The number of rotatable bonds is 4. The Bertz CT molecular complexity index is 507. The highest BCUT2D eigenvalue weighted by Gasteiger charge is 2.18. The van der Waals surface area contributed by atoms with Crippen LogP contribution in [0.4, 0.5) is 4.79 Å². The zero-order valence-corrected chi connectivity index (χ0v) is 13.7. The Morgan fingerprint density at radius 2 is 1.90 bits per heavy atom. The highest BCUT2D eigenvalue weighted by atomic mass is 16.6. The van der Waals surface area contributed by atoms with Crippen molar-refractivity contribution in [3.63, 3.8) is 0 Å². The van der Waals surface area contributed by atoms with Crippen LogP contribution in [0.3, 0.4) is 0 Å². The minimum Gasteiger partial charge on any atom is -0.496 e. The van der Waals surface area contributed by atoms with E-state index in [1.54, 1.807) is 7.11 Å². The average Bonchev–Trinajstić information content (AvgIpc) is 2.37. The van der Waals surface area contributed by atoms with Crippen molar-refractivity contribution in [2.75, 3.05) is 13.7 Å². The summed E-state index contributed by atoms with van der Waals surface area (Å²) >= 11 is 0. The topological polar surface area (TPSA) is 73.6 Å². The van der Waals surface area contributed by atoms with Gasteiger partial charge in [0.2, 0.25) is 0 Å². The summed E-state index contributed by atoms with van der Waals surface area (Å²) in [5, 5.41) is 2.70. The number of carbonyl (C=O) groups is 1. The smallest absolute Gasteiger partial charge is 0.407 e. The second-order valence-corrected chi connectivity index (χ2v) is 6.10. The standard InChI is InChI=1S/C16H26N2O3/c1-10-11(2)14(20-6)8-7-12(10)13(17)9-18-15(19)21-16(3,4)5/h7-8,13H,9,17H2,1-6H3,(H,18,19). The van der Waals surface area contributed by atoms with Gasteiger partial charge in [0.1, 0.15) is 11.4 Å². The molecule has 0 fully saturated rings. The first kappa shape index (κ1) is 17.3. The fraction of sp³-hybridized carbons (Fsp3) is 0.562. The van der Waals surface area contributed by atoms with Crippen LogP contribution in [-0.2, 0) is 4.74 Å². The maximum Gasteiger partial charge on any atom is 0.407 e. The zero-order valence-electron chi connectivity index (χ0n) is 13.7. The molecule has 0 saturated carbocycles. The summed E-state index contributed by atoms with van der Waals surface area (Å²) in [7, 11) is 1.64. The molecule has 0 spiro atoms. The highest BCUT2D eigenvalue weighted by molar-refractivity contribution is 5.67. The van der Waals surface area contributed by atoms with Crippen molar-refractivity contribution in [1.29, 1.82) is 0 Å². The second-order valence-electron chi connectivity index (χ2n) is 6.10. The van der Waals surface area contributed by atoms with Gasteiger partial charge in [0.05, 0.1) is 7.11 Å². The van der Waals surface area contributed by atoms with Gasteiger partial charge in [-0.2, -0.15) is 0 Å². The summed E-state index contributed by atoms with van der Waals surface area (Å²) in [4.78, 5) is 11.6. The normalized spacial score (nSPS) is 12.7. The van der Waals surface area contributed by atoms with E-state index in [2.05, 4.69) is 5.32 Å². The van der Waals surface area contributed by atoms with Gasteiger partial charge in [0.15, 0.2) is 0 Å². The summed E-state index contributed by atoms with van der Waals surface area (Å²) in [5.41, 5.74) is 8.77. The molecule has 0 aliphatic rings. The largest absolute Gasteiger partial charge is 0.496 e.